The highest BCUT2D eigenvalue weighted by atomic mass is 19.1. The van der Waals surface area contributed by atoms with Crippen LogP contribution < -0.4 is 5.32 Å². The fourth-order valence-corrected chi connectivity index (χ4v) is 2.70. The Balaban J connectivity index is 1.94. The molecule has 0 spiro atoms. The molecule has 1 aromatic heterocycles. The Kier molecular flexibility index (Phi) is 3.37. The third-order valence-electron chi connectivity index (χ3n) is 3.68. The number of aromatic nitrogens is 1. The first kappa shape index (κ1) is 13.6. The summed E-state index contributed by atoms with van der Waals surface area (Å²) in [6.45, 7) is 0. The van der Waals surface area contributed by atoms with Crippen molar-refractivity contribution in [3.05, 3.63) is 47.2 Å². The maximum absolute atomic E-state index is 13.9. The van der Waals surface area contributed by atoms with E-state index in [0.29, 0.717) is 24.1 Å². The van der Waals surface area contributed by atoms with Gasteiger partial charge in [0.05, 0.1) is 5.69 Å². The van der Waals surface area contributed by atoms with Crippen LogP contribution in [-0.2, 0) is 11.2 Å². The van der Waals surface area contributed by atoms with Crippen molar-refractivity contribution in [3.8, 4) is 11.3 Å². The number of carbonyl (C=O) groups is 1. The van der Waals surface area contributed by atoms with Gasteiger partial charge < -0.3 is 15.0 Å². The van der Waals surface area contributed by atoms with Gasteiger partial charge in [-0.05, 0) is 30.5 Å². The van der Waals surface area contributed by atoms with Gasteiger partial charge in [-0.15, -0.1) is 0 Å². The summed E-state index contributed by atoms with van der Waals surface area (Å²) in [5.41, 5.74) is 2.69. The molecule has 0 saturated heterocycles. The number of hydrogen-bond donors (Lipinski definition) is 2. The predicted octanol–water partition coefficient (Wildman–Crippen LogP) is 3.30. The minimum absolute atomic E-state index is 0.318. The van der Waals surface area contributed by atoms with Crippen LogP contribution in [-0.4, -0.2) is 18.1 Å². The van der Waals surface area contributed by atoms with Gasteiger partial charge in [-0.2, -0.15) is 0 Å². The quantitative estimate of drug-likeness (QED) is 0.892. The standard InChI is InChI=1S/C15H14F2N2O2/c1-18-15(20)21-13-5-4-9-11(13)7-19-14(9)10-3-2-8(16)6-12(10)17/h2-3,6-7,13,19H,4-5H2,1H3,(H,18,20). The molecule has 21 heavy (non-hydrogen) atoms. The van der Waals surface area contributed by atoms with Crippen LogP contribution in [0.25, 0.3) is 11.3 Å². The van der Waals surface area contributed by atoms with E-state index in [1.165, 1.54) is 19.2 Å². The Morgan fingerprint density at radius 1 is 1.43 bits per heavy atom. The number of halogens is 2. The molecule has 0 saturated carbocycles. The van der Waals surface area contributed by atoms with Crippen LogP contribution in [0, 0.1) is 11.6 Å². The van der Waals surface area contributed by atoms with Gasteiger partial charge in [-0.25, -0.2) is 13.6 Å². The van der Waals surface area contributed by atoms with Crippen LogP contribution in [0.15, 0.2) is 24.4 Å². The minimum Gasteiger partial charge on any atom is -0.441 e. The number of nitrogens with one attached hydrogen (secondary N) is 2. The fourth-order valence-electron chi connectivity index (χ4n) is 2.70. The molecule has 1 heterocycles. The molecule has 3 rings (SSSR count). The summed E-state index contributed by atoms with van der Waals surface area (Å²) in [5, 5.41) is 2.40. The van der Waals surface area contributed by atoms with Crippen molar-refractivity contribution < 1.29 is 18.3 Å². The van der Waals surface area contributed by atoms with Crippen molar-refractivity contribution in [1.82, 2.24) is 10.3 Å². The minimum atomic E-state index is -0.615. The van der Waals surface area contributed by atoms with Crippen LogP contribution in [0.1, 0.15) is 23.7 Å². The summed E-state index contributed by atoms with van der Waals surface area (Å²) in [6.07, 6.45) is 2.21. The maximum atomic E-state index is 13.9. The van der Waals surface area contributed by atoms with E-state index in [1.807, 2.05) is 0 Å². The molecular formula is C15H14F2N2O2. The van der Waals surface area contributed by atoms with E-state index < -0.39 is 17.7 Å². The summed E-state index contributed by atoms with van der Waals surface area (Å²) < 4.78 is 32.1. The molecule has 1 aliphatic rings. The number of rotatable bonds is 2. The van der Waals surface area contributed by atoms with Gasteiger partial charge in [0, 0.05) is 30.4 Å². The van der Waals surface area contributed by atoms with E-state index in [0.717, 1.165) is 17.2 Å². The number of ether oxygens (including phenoxy) is 1. The molecule has 0 fully saturated rings. The number of benzene rings is 1. The Bertz CT molecular complexity index is 697. The normalized spacial score (nSPS) is 16.6. The molecule has 0 radical (unpaired) electrons. The van der Waals surface area contributed by atoms with Gasteiger partial charge >= 0.3 is 6.09 Å². The van der Waals surface area contributed by atoms with E-state index in [1.54, 1.807) is 6.20 Å². The second-order valence-electron chi connectivity index (χ2n) is 4.90. The molecule has 6 heteroatoms. The lowest BCUT2D eigenvalue weighted by Crippen LogP contribution is -2.20. The van der Waals surface area contributed by atoms with Gasteiger partial charge in [0.25, 0.3) is 0 Å². The zero-order valence-corrected chi connectivity index (χ0v) is 11.4. The van der Waals surface area contributed by atoms with E-state index in [2.05, 4.69) is 10.3 Å². The van der Waals surface area contributed by atoms with E-state index >= 15 is 0 Å². The molecule has 1 atom stereocenters. The van der Waals surface area contributed by atoms with Crippen LogP contribution in [0.3, 0.4) is 0 Å². The SMILES string of the molecule is CNC(=O)OC1CCc2c1c[nH]c2-c1ccc(F)cc1F. The zero-order chi connectivity index (χ0) is 15.0. The smallest absolute Gasteiger partial charge is 0.407 e. The Morgan fingerprint density at radius 3 is 2.95 bits per heavy atom. The Hall–Kier alpha value is -2.37. The topological polar surface area (TPSA) is 54.1 Å². The van der Waals surface area contributed by atoms with Crippen molar-refractivity contribution >= 4 is 6.09 Å². The molecule has 1 unspecified atom stereocenters. The number of fused-ring (bicyclic) bond motifs is 1. The van der Waals surface area contributed by atoms with Crippen molar-refractivity contribution in [2.45, 2.75) is 18.9 Å². The first-order valence-electron chi connectivity index (χ1n) is 6.64. The lowest BCUT2D eigenvalue weighted by atomic mass is 10.1. The van der Waals surface area contributed by atoms with Crippen LogP contribution in [0.5, 0.6) is 0 Å². The highest BCUT2D eigenvalue weighted by molar-refractivity contribution is 5.69. The Morgan fingerprint density at radius 2 is 2.24 bits per heavy atom. The second-order valence-corrected chi connectivity index (χ2v) is 4.90. The van der Waals surface area contributed by atoms with Gasteiger partial charge in [0.1, 0.15) is 17.7 Å². The fraction of sp³-hybridized carbons (Fsp3) is 0.267. The number of carbonyl (C=O) groups excluding carboxylic acids is 1. The van der Waals surface area contributed by atoms with Gasteiger partial charge in [-0.1, -0.05) is 0 Å². The summed E-state index contributed by atoms with van der Waals surface area (Å²) in [4.78, 5) is 14.3. The molecule has 2 N–H and O–H groups in total. The second kappa shape index (κ2) is 5.20. The number of H-pyrrole nitrogens is 1. The maximum Gasteiger partial charge on any atom is 0.407 e. The van der Waals surface area contributed by atoms with Crippen molar-refractivity contribution in [1.29, 1.82) is 0 Å². The molecule has 0 aliphatic heterocycles. The summed E-state index contributed by atoms with van der Waals surface area (Å²) in [7, 11) is 1.49. The predicted molar refractivity (Wildman–Crippen MR) is 72.7 cm³/mol. The van der Waals surface area contributed by atoms with E-state index in [-0.39, 0.29) is 6.10 Å². The lowest BCUT2D eigenvalue weighted by molar-refractivity contribution is 0.100. The molecule has 2 aromatic rings. The molecule has 0 bridgehead atoms. The average Bonchev–Trinajstić information content (AvgIpc) is 3.02. The van der Waals surface area contributed by atoms with Crippen LogP contribution in [0.4, 0.5) is 13.6 Å². The molecule has 1 aromatic carbocycles. The first-order valence-corrected chi connectivity index (χ1v) is 6.64. The van der Waals surface area contributed by atoms with Gasteiger partial charge in [-0.3, -0.25) is 0 Å². The summed E-state index contributed by atoms with van der Waals surface area (Å²) in [5.74, 6) is -1.23. The largest absolute Gasteiger partial charge is 0.441 e. The molecule has 4 nitrogen and oxygen atoms in total. The molecule has 110 valence electrons. The van der Waals surface area contributed by atoms with Crippen molar-refractivity contribution in [3.63, 3.8) is 0 Å². The number of aromatic amines is 1. The third-order valence-corrected chi connectivity index (χ3v) is 3.68. The van der Waals surface area contributed by atoms with Crippen molar-refractivity contribution in [2.24, 2.45) is 0 Å². The Labute approximate surface area is 120 Å². The third kappa shape index (κ3) is 2.37. The van der Waals surface area contributed by atoms with Crippen LogP contribution in [0.2, 0.25) is 0 Å². The van der Waals surface area contributed by atoms with E-state index in [9.17, 15) is 13.6 Å². The highest BCUT2D eigenvalue weighted by Crippen LogP contribution is 2.40. The van der Waals surface area contributed by atoms with Gasteiger partial charge in [0.15, 0.2) is 0 Å². The van der Waals surface area contributed by atoms with Gasteiger partial charge in [0.2, 0.25) is 0 Å². The number of amides is 1. The molecule has 1 aliphatic carbocycles. The highest BCUT2D eigenvalue weighted by Gasteiger charge is 2.30. The first-order chi connectivity index (χ1) is 10.1. The number of alkyl carbamates (subject to hydrolysis) is 1. The lowest BCUT2D eigenvalue weighted by Gasteiger charge is -2.10. The molecular weight excluding hydrogens is 278 g/mol. The monoisotopic (exact) mass is 292 g/mol. The summed E-state index contributed by atoms with van der Waals surface area (Å²) >= 11 is 0. The average molecular weight is 292 g/mol. The van der Waals surface area contributed by atoms with E-state index in [4.69, 9.17) is 4.74 Å². The molecule has 1 amide bonds. The summed E-state index contributed by atoms with van der Waals surface area (Å²) in [6, 6.07) is 3.48. The van der Waals surface area contributed by atoms with Crippen molar-refractivity contribution in [2.75, 3.05) is 7.05 Å². The zero-order valence-electron chi connectivity index (χ0n) is 11.4. The number of hydrogen-bond acceptors (Lipinski definition) is 2. The van der Waals surface area contributed by atoms with Crippen LogP contribution >= 0.6 is 0 Å².